The fourth-order valence-electron chi connectivity index (χ4n) is 1.38. The molecule has 0 aromatic heterocycles. The molecule has 1 rings (SSSR count). The number of ether oxygens (including phenoxy) is 1. The second-order valence-electron chi connectivity index (χ2n) is 3.80. The number of aliphatic hydroxyl groups is 1. The maximum absolute atomic E-state index is 11.6. The van der Waals surface area contributed by atoms with E-state index in [9.17, 15) is 9.59 Å². The number of carbonyl (C=O) groups excluding carboxylic acids is 2. The first-order chi connectivity index (χ1) is 9.46. The van der Waals surface area contributed by atoms with Gasteiger partial charge in [0.05, 0.1) is 13.7 Å². The number of esters is 1. The first-order valence-corrected chi connectivity index (χ1v) is 6.35. The minimum absolute atomic E-state index is 0.445. The second-order valence-corrected chi connectivity index (χ2v) is 4.68. The smallest absolute Gasteiger partial charge is 0.330 e. The van der Waals surface area contributed by atoms with Crippen molar-refractivity contribution in [1.29, 1.82) is 0 Å². The summed E-state index contributed by atoms with van der Waals surface area (Å²) < 4.78 is 4.43. The van der Waals surface area contributed by atoms with Gasteiger partial charge in [-0.2, -0.15) is 0 Å². The van der Waals surface area contributed by atoms with Gasteiger partial charge in [0.2, 0.25) is 5.91 Å². The molecular formula is C13H13Cl2NO4. The molecule has 1 aromatic carbocycles. The first kappa shape index (κ1) is 16.5. The Morgan fingerprint density at radius 1 is 1.35 bits per heavy atom. The van der Waals surface area contributed by atoms with Crippen molar-refractivity contribution in [3.05, 3.63) is 39.9 Å². The Morgan fingerprint density at radius 3 is 2.45 bits per heavy atom. The van der Waals surface area contributed by atoms with Crippen LogP contribution in [0, 0.1) is 0 Å². The topological polar surface area (TPSA) is 75.6 Å². The average Bonchev–Trinajstić information content (AvgIpc) is 2.40. The zero-order valence-electron chi connectivity index (χ0n) is 10.6. The highest BCUT2D eigenvalue weighted by Crippen LogP contribution is 2.19. The molecule has 108 valence electrons. The lowest BCUT2D eigenvalue weighted by atomic mass is 10.2. The first-order valence-electron chi connectivity index (χ1n) is 5.59. The van der Waals surface area contributed by atoms with Crippen molar-refractivity contribution in [3.63, 3.8) is 0 Å². The summed E-state index contributed by atoms with van der Waals surface area (Å²) in [6, 6.07) is 3.72. The van der Waals surface area contributed by atoms with E-state index >= 15 is 0 Å². The van der Waals surface area contributed by atoms with Gasteiger partial charge in [0.15, 0.2) is 6.04 Å². The van der Waals surface area contributed by atoms with Gasteiger partial charge in [-0.25, -0.2) is 4.79 Å². The van der Waals surface area contributed by atoms with Crippen molar-refractivity contribution >= 4 is 41.2 Å². The minimum Gasteiger partial charge on any atom is -0.467 e. The molecule has 1 aromatic rings. The summed E-state index contributed by atoms with van der Waals surface area (Å²) in [5, 5.41) is 12.2. The lowest BCUT2D eigenvalue weighted by molar-refractivity contribution is -0.145. The Hall–Kier alpha value is -1.56. The molecule has 1 atom stereocenters. The number of aliphatic hydroxyl groups excluding tert-OH is 1. The molecule has 1 amide bonds. The van der Waals surface area contributed by atoms with Crippen molar-refractivity contribution in [1.82, 2.24) is 5.32 Å². The predicted molar refractivity (Wildman–Crippen MR) is 76.5 cm³/mol. The van der Waals surface area contributed by atoms with Crippen molar-refractivity contribution < 1.29 is 19.4 Å². The van der Waals surface area contributed by atoms with Crippen LogP contribution in [-0.4, -0.2) is 36.7 Å². The van der Waals surface area contributed by atoms with Gasteiger partial charge < -0.3 is 15.2 Å². The molecule has 0 aliphatic rings. The molecule has 20 heavy (non-hydrogen) atoms. The Bertz CT molecular complexity index is 511. The second kappa shape index (κ2) is 7.89. The molecule has 0 fully saturated rings. The predicted octanol–water partition coefficient (Wildman–Crippen LogP) is 1.66. The molecule has 0 saturated carbocycles. The van der Waals surface area contributed by atoms with Crippen LogP contribution < -0.4 is 5.32 Å². The van der Waals surface area contributed by atoms with E-state index in [1.165, 1.54) is 19.3 Å². The lowest BCUT2D eigenvalue weighted by Crippen LogP contribution is -2.43. The van der Waals surface area contributed by atoms with Crippen LogP contribution in [0.5, 0.6) is 0 Å². The molecule has 7 heteroatoms. The number of halogens is 2. The molecule has 0 radical (unpaired) electrons. The third kappa shape index (κ3) is 5.21. The van der Waals surface area contributed by atoms with Gasteiger partial charge >= 0.3 is 5.97 Å². The molecule has 0 saturated heterocycles. The number of methoxy groups -OCH3 is 1. The van der Waals surface area contributed by atoms with Crippen LogP contribution in [0.1, 0.15) is 5.56 Å². The highest BCUT2D eigenvalue weighted by molar-refractivity contribution is 6.34. The van der Waals surface area contributed by atoms with Gasteiger partial charge in [-0.15, -0.1) is 0 Å². The van der Waals surface area contributed by atoms with Gasteiger partial charge in [0, 0.05) is 16.1 Å². The van der Waals surface area contributed by atoms with Crippen molar-refractivity contribution in [3.8, 4) is 0 Å². The largest absolute Gasteiger partial charge is 0.467 e. The van der Waals surface area contributed by atoms with Crippen molar-refractivity contribution in [2.24, 2.45) is 0 Å². The summed E-state index contributed by atoms with van der Waals surface area (Å²) in [5.41, 5.74) is 0.635. The molecule has 0 heterocycles. The molecule has 0 bridgehead atoms. The number of hydrogen-bond donors (Lipinski definition) is 2. The van der Waals surface area contributed by atoms with Crippen molar-refractivity contribution in [2.45, 2.75) is 6.04 Å². The third-order valence-corrected chi connectivity index (χ3v) is 2.73. The number of nitrogens with one attached hydrogen (secondary N) is 1. The van der Waals surface area contributed by atoms with Crippen LogP contribution in [0.4, 0.5) is 0 Å². The summed E-state index contributed by atoms with van der Waals surface area (Å²) >= 11 is 11.6. The Morgan fingerprint density at radius 2 is 1.95 bits per heavy atom. The molecule has 2 N–H and O–H groups in total. The van der Waals surface area contributed by atoms with E-state index in [2.05, 4.69) is 10.1 Å². The lowest BCUT2D eigenvalue weighted by Gasteiger charge is -2.11. The zero-order chi connectivity index (χ0) is 15.1. The Labute approximate surface area is 126 Å². The van der Waals surface area contributed by atoms with Gasteiger partial charge in [0.1, 0.15) is 0 Å². The fraction of sp³-hybridized carbons (Fsp3) is 0.231. The number of amides is 1. The molecule has 5 nitrogen and oxygen atoms in total. The highest BCUT2D eigenvalue weighted by Gasteiger charge is 2.18. The molecule has 0 aliphatic heterocycles. The maximum atomic E-state index is 11.6. The maximum Gasteiger partial charge on any atom is 0.330 e. The monoisotopic (exact) mass is 317 g/mol. The quantitative estimate of drug-likeness (QED) is 0.639. The molecule has 0 spiro atoms. The normalized spacial score (nSPS) is 12.2. The van der Waals surface area contributed by atoms with Crippen LogP contribution in [0.15, 0.2) is 24.3 Å². The summed E-state index contributed by atoms with van der Waals surface area (Å²) in [6.45, 7) is -0.546. The van der Waals surface area contributed by atoms with Gasteiger partial charge in [-0.05, 0) is 29.8 Å². The summed E-state index contributed by atoms with van der Waals surface area (Å²) in [5.74, 6) is -1.27. The highest BCUT2D eigenvalue weighted by atomic mass is 35.5. The molecule has 0 aliphatic carbocycles. The van der Waals surface area contributed by atoms with Crippen molar-refractivity contribution in [2.75, 3.05) is 13.7 Å². The fourth-order valence-corrected chi connectivity index (χ4v) is 1.93. The Kier molecular flexibility index (Phi) is 6.51. The number of hydrogen-bond acceptors (Lipinski definition) is 4. The molecular weight excluding hydrogens is 305 g/mol. The van der Waals surface area contributed by atoms with Crippen LogP contribution in [-0.2, 0) is 14.3 Å². The van der Waals surface area contributed by atoms with Gasteiger partial charge in [-0.3, -0.25) is 4.79 Å². The molecule has 1 unspecified atom stereocenters. The summed E-state index contributed by atoms with van der Waals surface area (Å²) in [7, 11) is 1.17. The third-order valence-electron chi connectivity index (χ3n) is 2.30. The van der Waals surface area contributed by atoms with Crippen LogP contribution in [0.3, 0.4) is 0 Å². The van der Waals surface area contributed by atoms with Crippen LogP contribution >= 0.6 is 23.2 Å². The zero-order valence-corrected chi connectivity index (χ0v) is 12.1. The number of carbonyl (C=O) groups is 2. The minimum atomic E-state index is -1.10. The van der Waals surface area contributed by atoms with Gasteiger partial charge in [0.25, 0.3) is 0 Å². The summed E-state index contributed by atoms with van der Waals surface area (Å²) in [4.78, 5) is 22.8. The SMILES string of the molecule is COC(=O)C(CO)NC(=O)/C=C/c1cc(Cl)cc(Cl)c1. The van der Waals surface area contributed by atoms with E-state index in [4.69, 9.17) is 28.3 Å². The standard InChI is InChI=1S/C13H13Cl2NO4/c1-20-13(19)11(7-17)16-12(18)3-2-8-4-9(14)6-10(15)5-8/h2-6,11,17H,7H2,1H3,(H,16,18)/b3-2+. The van der Waals surface area contributed by atoms with Crippen LogP contribution in [0.2, 0.25) is 10.0 Å². The van der Waals surface area contributed by atoms with E-state index in [1.54, 1.807) is 18.2 Å². The van der Waals surface area contributed by atoms with E-state index in [0.29, 0.717) is 15.6 Å². The van der Waals surface area contributed by atoms with E-state index in [1.807, 2.05) is 0 Å². The summed E-state index contributed by atoms with van der Waals surface area (Å²) in [6.07, 6.45) is 2.69. The average molecular weight is 318 g/mol. The van der Waals surface area contributed by atoms with Crippen LogP contribution in [0.25, 0.3) is 6.08 Å². The van der Waals surface area contributed by atoms with E-state index in [-0.39, 0.29) is 0 Å². The number of benzene rings is 1. The Balaban J connectivity index is 2.69. The van der Waals surface area contributed by atoms with E-state index < -0.39 is 24.5 Å². The van der Waals surface area contributed by atoms with E-state index in [0.717, 1.165) is 0 Å². The number of rotatable bonds is 5. The van der Waals surface area contributed by atoms with Gasteiger partial charge in [-0.1, -0.05) is 23.2 Å².